The molecule has 2 aliphatic rings. The molecule has 5 heteroatoms. The van der Waals surface area contributed by atoms with Gasteiger partial charge in [-0.1, -0.05) is 32.4 Å². The molecule has 1 aromatic carbocycles. The van der Waals surface area contributed by atoms with Crippen molar-refractivity contribution >= 4 is 17.4 Å². The van der Waals surface area contributed by atoms with Gasteiger partial charge in [0.05, 0.1) is 12.2 Å². The molecule has 2 amide bonds. The fourth-order valence-corrected chi connectivity index (χ4v) is 3.91. The van der Waals surface area contributed by atoms with Crippen LogP contribution in [0.4, 0.5) is 0 Å². The van der Waals surface area contributed by atoms with E-state index in [0.29, 0.717) is 30.3 Å². The van der Waals surface area contributed by atoms with E-state index in [1.54, 1.807) is 0 Å². The van der Waals surface area contributed by atoms with E-state index >= 15 is 0 Å². The maximum Gasteiger partial charge on any atom is 0.277 e. The minimum absolute atomic E-state index is 0.133. The summed E-state index contributed by atoms with van der Waals surface area (Å²) in [7, 11) is 0. The third kappa shape index (κ3) is 4.02. The second-order valence-corrected chi connectivity index (χ2v) is 7.49. The van der Waals surface area contributed by atoms with E-state index in [2.05, 4.69) is 18.7 Å². The summed E-state index contributed by atoms with van der Waals surface area (Å²) in [6, 6.07) is 7.52. The van der Waals surface area contributed by atoms with E-state index in [1.807, 2.05) is 31.2 Å². The Balaban J connectivity index is 1.99. The smallest absolute Gasteiger partial charge is 0.277 e. The van der Waals surface area contributed by atoms with Gasteiger partial charge in [-0.25, -0.2) is 0 Å². The summed E-state index contributed by atoms with van der Waals surface area (Å²) in [6.45, 7) is 8.97. The summed E-state index contributed by atoms with van der Waals surface area (Å²) in [4.78, 5) is 29.9. The van der Waals surface area contributed by atoms with E-state index in [4.69, 9.17) is 4.74 Å². The molecule has 0 aliphatic carbocycles. The Morgan fingerprint density at radius 1 is 1.11 bits per heavy atom. The van der Waals surface area contributed by atoms with E-state index in [1.165, 1.54) is 11.3 Å². The number of carbonyl (C=O) groups is 2. The summed E-state index contributed by atoms with van der Waals surface area (Å²) in [5.74, 6) is 1.01. The fraction of sp³-hybridized carbons (Fsp3) is 0.545. The van der Waals surface area contributed by atoms with Crippen LogP contribution in [-0.2, 0) is 9.59 Å². The van der Waals surface area contributed by atoms with Gasteiger partial charge in [0.15, 0.2) is 0 Å². The number of rotatable bonds is 7. The van der Waals surface area contributed by atoms with E-state index in [0.717, 1.165) is 43.7 Å². The van der Waals surface area contributed by atoms with Gasteiger partial charge in [0.1, 0.15) is 11.4 Å². The Hall–Kier alpha value is -2.30. The molecule has 0 saturated carbocycles. The lowest BCUT2D eigenvalue weighted by atomic mass is 9.97. The van der Waals surface area contributed by atoms with Crippen LogP contribution in [-0.4, -0.2) is 47.9 Å². The zero-order chi connectivity index (χ0) is 19.4. The first-order valence-electron chi connectivity index (χ1n) is 10.1. The van der Waals surface area contributed by atoms with Gasteiger partial charge in [-0.05, 0) is 49.8 Å². The molecule has 1 fully saturated rings. The van der Waals surface area contributed by atoms with Gasteiger partial charge in [-0.3, -0.25) is 14.5 Å². The predicted octanol–water partition coefficient (Wildman–Crippen LogP) is 3.70. The van der Waals surface area contributed by atoms with Crippen molar-refractivity contribution in [2.75, 3.05) is 26.2 Å². The van der Waals surface area contributed by atoms with Crippen molar-refractivity contribution in [3.05, 3.63) is 35.5 Å². The van der Waals surface area contributed by atoms with Gasteiger partial charge in [0, 0.05) is 19.6 Å². The van der Waals surface area contributed by atoms with Crippen molar-refractivity contribution in [2.24, 2.45) is 5.92 Å². The number of hydrogen-bond donors (Lipinski definition) is 0. The molecule has 3 rings (SSSR count). The Labute approximate surface area is 162 Å². The molecule has 146 valence electrons. The maximum atomic E-state index is 13.2. The number of amides is 2. The van der Waals surface area contributed by atoms with Crippen LogP contribution in [0.5, 0.6) is 5.75 Å². The van der Waals surface area contributed by atoms with Crippen LogP contribution in [0.1, 0.15) is 52.0 Å². The monoisotopic (exact) mass is 370 g/mol. The number of likely N-dealkylation sites (tertiary alicyclic amines) is 1. The van der Waals surface area contributed by atoms with Crippen LogP contribution in [0.15, 0.2) is 30.0 Å². The normalized spacial score (nSPS) is 20.6. The molecule has 27 heavy (non-hydrogen) atoms. The minimum atomic E-state index is -0.161. The summed E-state index contributed by atoms with van der Waals surface area (Å²) in [5, 5.41) is 0. The Bertz CT molecular complexity index is 724. The summed E-state index contributed by atoms with van der Waals surface area (Å²) in [6.07, 6.45) is 4.00. The molecule has 2 aliphatic heterocycles. The molecule has 1 atom stereocenters. The number of piperidine rings is 1. The topological polar surface area (TPSA) is 49.9 Å². The fourth-order valence-electron chi connectivity index (χ4n) is 3.91. The zero-order valence-corrected chi connectivity index (χ0v) is 16.7. The molecule has 0 bridgehead atoms. The van der Waals surface area contributed by atoms with Crippen LogP contribution < -0.4 is 4.74 Å². The molecule has 0 spiro atoms. The van der Waals surface area contributed by atoms with Gasteiger partial charge in [-0.2, -0.15) is 0 Å². The number of carbonyl (C=O) groups excluding carboxylic acids is 2. The zero-order valence-electron chi connectivity index (χ0n) is 16.7. The third-order valence-corrected chi connectivity index (χ3v) is 5.31. The van der Waals surface area contributed by atoms with E-state index < -0.39 is 0 Å². The lowest BCUT2D eigenvalue weighted by Gasteiger charge is -2.33. The van der Waals surface area contributed by atoms with Crippen molar-refractivity contribution in [1.82, 2.24) is 9.80 Å². The van der Waals surface area contributed by atoms with Crippen molar-refractivity contribution in [3.63, 3.8) is 0 Å². The number of imide groups is 1. The van der Waals surface area contributed by atoms with Crippen molar-refractivity contribution < 1.29 is 14.3 Å². The molecule has 1 unspecified atom stereocenters. The maximum absolute atomic E-state index is 13.2. The van der Waals surface area contributed by atoms with Crippen molar-refractivity contribution in [1.29, 1.82) is 0 Å². The number of benzene rings is 1. The average Bonchev–Trinajstić information content (AvgIpc) is 2.91. The second kappa shape index (κ2) is 8.59. The molecule has 1 saturated heterocycles. The largest absolute Gasteiger partial charge is 0.494 e. The second-order valence-electron chi connectivity index (χ2n) is 7.49. The van der Waals surface area contributed by atoms with Crippen LogP contribution in [0.2, 0.25) is 0 Å². The Morgan fingerprint density at radius 2 is 1.85 bits per heavy atom. The lowest BCUT2D eigenvalue weighted by Crippen LogP contribution is -2.39. The van der Waals surface area contributed by atoms with Gasteiger partial charge < -0.3 is 9.64 Å². The van der Waals surface area contributed by atoms with E-state index in [-0.39, 0.29) is 11.8 Å². The molecule has 0 N–H and O–H groups in total. The third-order valence-electron chi connectivity index (χ3n) is 5.31. The van der Waals surface area contributed by atoms with Crippen LogP contribution >= 0.6 is 0 Å². The first kappa shape index (κ1) is 19.5. The number of nitrogens with zero attached hydrogens (tertiary/aromatic N) is 2. The van der Waals surface area contributed by atoms with E-state index in [9.17, 15) is 9.59 Å². The van der Waals surface area contributed by atoms with Crippen molar-refractivity contribution in [3.8, 4) is 5.75 Å². The molecular weight excluding hydrogens is 340 g/mol. The van der Waals surface area contributed by atoms with Crippen LogP contribution in [0, 0.1) is 5.92 Å². The predicted molar refractivity (Wildman–Crippen MR) is 106 cm³/mol. The lowest BCUT2D eigenvalue weighted by molar-refractivity contribution is -0.137. The number of unbranched alkanes of at least 4 members (excludes halogenated alkanes) is 1. The quantitative estimate of drug-likeness (QED) is 0.687. The molecule has 1 aromatic rings. The minimum Gasteiger partial charge on any atom is -0.494 e. The Morgan fingerprint density at radius 3 is 2.48 bits per heavy atom. The van der Waals surface area contributed by atoms with Crippen LogP contribution in [0.3, 0.4) is 0 Å². The summed E-state index contributed by atoms with van der Waals surface area (Å²) in [5.41, 5.74) is 1.93. The standard InChI is InChI=1S/C22H30N2O3/c1-4-6-14-24-21(25)19(17-9-11-18(12-10-17)27-5-2)20(22(24)26)23-13-7-8-16(3)15-23/h9-12,16H,4-8,13-15H2,1-3H3. The molecular formula is C22H30N2O3. The highest BCUT2D eigenvalue weighted by atomic mass is 16.5. The van der Waals surface area contributed by atoms with Crippen LogP contribution in [0.25, 0.3) is 5.57 Å². The SMILES string of the molecule is CCCCN1C(=O)C(c2ccc(OCC)cc2)=C(N2CCCC(C)C2)C1=O. The van der Waals surface area contributed by atoms with Gasteiger partial charge >= 0.3 is 0 Å². The highest BCUT2D eigenvalue weighted by Crippen LogP contribution is 2.34. The number of ether oxygens (including phenoxy) is 1. The highest BCUT2D eigenvalue weighted by molar-refractivity contribution is 6.35. The molecule has 0 aromatic heterocycles. The molecule has 5 nitrogen and oxygen atoms in total. The average molecular weight is 370 g/mol. The Kier molecular flexibility index (Phi) is 6.19. The highest BCUT2D eigenvalue weighted by Gasteiger charge is 2.41. The van der Waals surface area contributed by atoms with Gasteiger partial charge in [-0.15, -0.1) is 0 Å². The molecule has 0 radical (unpaired) electrons. The first-order chi connectivity index (χ1) is 13.1. The van der Waals surface area contributed by atoms with Crippen molar-refractivity contribution in [2.45, 2.75) is 46.5 Å². The van der Waals surface area contributed by atoms with Gasteiger partial charge in [0.2, 0.25) is 0 Å². The molecule has 2 heterocycles. The summed E-state index contributed by atoms with van der Waals surface area (Å²) < 4.78 is 5.51. The van der Waals surface area contributed by atoms with Gasteiger partial charge in [0.25, 0.3) is 11.8 Å². The number of hydrogen-bond acceptors (Lipinski definition) is 4. The summed E-state index contributed by atoms with van der Waals surface area (Å²) >= 11 is 0. The first-order valence-corrected chi connectivity index (χ1v) is 10.1.